The van der Waals surface area contributed by atoms with Crippen LogP contribution in [-0.2, 0) is 11.3 Å². The molecule has 0 unspecified atom stereocenters. The van der Waals surface area contributed by atoms with Crippen molar-refractivity contribution in [2.45, 2.75) is 38.3 Å². The third kappa shape index (κ3) is 4.10. The minimum Gasteiger partial charge on any atom is -0.376 e. The second-order valence-electron chi connectivity index (χ2n) is 5.92. The number of carbonyl (C=O) groups is 1. The predicted molar refractivity (Wildman–Crippen MR) is 84.9 cm³/mol. The van der Waals surface area contributed by atoms with E-state index in [1.807, 2.05) is 18.3 Å². The summed E-state index contributed by atoms with van der Waals surface area (Å²) in [6.45, 7) is 4.07. The first-order valence-corrected chi connectivity index (χ1v) is 8.14. The zero-order valence-electron chi connectivity index (χ0n) is 12.9. The van der Waals surface area contributed by atoms with E-state index in [-0.39, 0.29) is 12.1 Å². The van der Waals surface area contributed by atoms with Crippen LogP contribution in [0, 0.1) is 0 Å². The standard InChI is InChI=1S/C16H24N4O2/c21-16(19-12-14-4-3-9-22-14)18-11-13-5-6-15(17-10-13)20-7-1-2-8-20/h5-6,10,14H,1-4,7-9,11-12H2,(H2,18,19,21)/t14-/m0/s1. The van der Waals surface area contributed by atoms with Gasteiger partial charge in [-0.1, -0.05) is 6.07 Å². The highest BCUT2D eigenvalue weighted by molar-refractivity contribution is 5.73. The van der Waals surface area contributed by atoms with Crippen molar-refractivity contribution in [3.63, 3.8) is 0 Å². The molecule has 2 aliphatic rings. The second-order valence-corrected chi connectivity index (χ2v) is 5.92. The number of carbonyl (C=O) groups excluding carboxylic acids is 1. The number of nitrogens with one attached hydrogen (secondary N) is 2. The molecule has 0 saturated carbocycles. The van der Waals surface area contributed by atoms with Crippen LogP contribution in [0.3, 0.4) is 0 Å². The molecule has 2 aliphatic heterocycles. The second kappa shape index (κ2) is 7.45. The van der Waals surface area contributed by atoms with E-state index in [1.165, 1.54) is 12.8 Å². The van der Waals surface area contributed by atoms with Gasteiger partial charge < -0.3 is 20.3 Å². The van der Waals surface area contributed by atoms with Crippen LogP contribution in [0.5, 0.6) is 0 Å². The average molecular weight is 304 g/mol. The molecule has 2 N–H and O–H groups in total. The van der Waals surface area contributed by atoms with E-state index in [4.69, 9.17) is 4.74 Å². The number of rotatable bonds is 5. The number of ether oxygens (including phenoxy) is 1. The highest BCUT2D eigenvalue weighted by Crippen LogP contribution is 2.17. The van der Waals surface area contributed by atoms with Crippen LogP contribution in [-0.4, -0.2) is 43.4 Å². The number of aromatic nitrogens is 1. The van der Waals surface area contributed by atoms with E-state index in [2.05, 4.69) is 20.5 Å². The molecule has 0 spiro atoms. The van der Waals surface area contributed by atoms with Gasteiger partial charge in [-0.05, 0) is 37.3 Å². The van der Waals surface area contributed by atoms with Gasteiger partial charge in [0.2, 0.25) is 0 Å². The van der Waals surface area contributed by atoms with Crippen LogP contribution in [0.1, 0.15) is 31.2 Å². The minimum absolute atomic E-state index is 0.154. The molecule has 120 valence electrons. The van der Waals surface area contributed by atoms with Gasteiger partial charge in [-0.15, -0.1) is 0 Å². The molecule has 1 aromatic rings. The topological polar surface area (TPSA) is 66.5 Å². The molecule has 3 rings (SSSR count). The monoisotopic (exact) mass is 304 g/mol. The third-order valence-corrected chi connectivity index (χ3v) is 4.21. The van der Waals surface area contributed by atoms with Gasteiger partial charge in [0.1, 0.15) is 5.82 Å². The number of hydrogen-bond acceptors (Lipinski definition) is 4. The van der Waals surface area contributed by atoms with Crippen molar-refractivity contribution < 1.29 is 9.53 Å². The third-order valence-electron chi connectivity index (χ3n) is 4.21. The molecule has 6 heteroatoms. The Morgan fingerprint density at radius 1 is 1.27 bits per heavy atom. The van der Waals surface area contributed by atoms with Crippen molar-refractivity contribution in [3.05, 3.63) is 23.9 Å². The summed E-state index contributed by atoms with van der Waals surface area (Å²) in [4.78, 5) is 18.5. The van der Waals surface area contributed by atoms with Gasteiger partial charge in [-0.2, -0.15) is 0 Å². The molecule has 0 bridgehead atoms. The first kappa shape index (κ1) is 15.1. The molecule has 0 radical (unpaired) electrons. The van der Waals surface area contributed by atoms with Crippen LogP contribution in [0.15, 0.2) is 18.3 Å². The maximum atomic E-state index is 11.7. The van der Waals surface area contributed by atoms with Crippen LogP contribution in [0.25, 0.3) is 0 Å². The quantitative estimate of drug-likeness (QED) is 0.868. The summed E-state index contributed by atoms with van der Waals surface area (Å²) in [6.07, 6.45) is 6.62. The highest BCUT2D eigenvalue weighted by Gasteiger charge is 2.16. The summed E-state index contributed by atoms with van der Waals surface area (Å²) < 4.78 is 5.47. The van der Waals surface area contributed by atoms with Gasteiger partial charge in [-0.3, -0.25) is 0 Å². The van der Waals surface area contributed by atoms with Gasteiger partial charge in [0.15, 0.2) is 0 Å². The van der Waals surface area contributed by atoms with Gasteiger partial charge in [0.25, 0.3) is 0 Å². The van der Waals surface area contributed by atoms with Crippen molar-refractivity contribution in [2.75, 3.05) is 31.1 Å². The van der Waals surface area contributed by atoms with Gasteiger partial charge in [0, 0.05) is 39.0 Å². The van der Waals surface area contributed by atoms with Crippen molar-refractivity contribution in [2.24, 2.45) is 0 Å². The van der Waals surface area contributed by atoms with E-state index < -0.39 is 0 Å². The number of hydrogen-bond donors (Lipinski definition) is 2. The van der Waals surface area contributed by atoms with Crippen LogP contribution >= 0.6 is 0 Å². The van der Waals surface area contributed by atoms with Crippen molar-refractivity contribution >= 4 is 11.8 Å². The normalized spacial score (nSPS) is 21.1. The smallest absolute Gasteiger partial charge is 0.315 e. The number of urea groups is 1. The predicted octanol–water partition coefficient (Wildman–Crippen LogP) is 1.66. The number of amides is 2. The fourth-order valence-corrected chi connectivity index (χ4v) is 2.91. The summed E-state index contributed by atoms with van der Waals surface area (Å²) in [7, 11) is 0. The lowest BCUT2D eigenvalue weighted by Gasteiger charge is -2.16. The maximum absolute atomic E-state index is 11.7. The largest absolute Gasteiger partial charge is 0.376 e. The molecule has 0 aromatic carbocycles. The fraction of sp³-hybridized carbons (Fsp3) is 0.625. The molecular weight excluding hydrogens is 280 g/mol. The average Bonchev–Trinajstić information content (AvgIpc) is 3.24. The summed E-state index contributed by atoms with van der Waals surface area (Å²) in [5, 5.41) is 5.70. The Kier molecular flexibility index (Phi) is 5.11. The fourth-order valence-electron chi connectivity index (χ4n) is 2.91. The van der Waals surface area contributed by atoms with Crippen LogP contribution < -0.4 is 15.5 Å². The molecule has 6 nitrogen and oxygen atoms in total. The Hall–Kier alpha value is -1.82. The Bertz CT molecular complexity index is 479. The summed E-state index contributed by atoms with van der Waals surface area (Å²) in [5.41, 5.74) is 1.01. The van der Waals surface area contributed by atoms with E-state index in [0.29, 0.717) is 13.1 Å². The molecule has 2 amide bonds. The van der Waals surface area contributed by atoms with Gasteiger partial charge >= 0.3 is 6.03 Å². The summed E-state index contributed by atoms with van der Waals surface area (Å²) >= 11 is 0. The van der Waals surface area contributed by atoms with Crippen LogP contribution in [0.2, 0.25) is 0 Å². The van der Waals surface area contributed by atoms with Gasteiger partial charge in [0.05, 0.1) is 6.10 Å². The lowest BCUT2D eigenvalue weighted by molar-refractivity contribution is 0.111. The first-order valence-electron chi connectivity index (χ1n) is 8.14. The molecule has 1 aromatic heterocycles. The summed E-state index contributed by atoms with van der Waals surface area (Å²) in [6, 6.07) is 3.91. The van der Waals surface area contributed by atoms with E-state index in [0.717, 1.165) is 43.9 Å². The lowest BCUT2D eigenvalue weighted by atomic mass is 10.2. The number of nitrogens with zero attached hydrogens (tertiary/aromatic N) is 2. The van der Waals surface area contributed by atoms with E-state index in [9.17, 15) is 4.79 Å². The minimum atomic E-state index is -0.154. The van der Waals surface area contributed by atoms with Crippen LogP contribution in [0.4, 0.5) is 10.6 Å². The SMILES string of the molecule is O=C(NCc1ccc(N2CCCC2)nc1)NC[C@@H]1CCCO1. The Balaban J connectivity index is 1.39. The molecule has 2 fully saturated rings. The number of pyridine rings is 1. The maximum Gasteiger partial charge on any atom is 0.315 e. The lowest BCUT2D eigenvalue weighted by Crippen LogP contribution is -2.39. The molecular formula is C16H24N4O2. The Morgan fingerprint density at radius 3 is 2.82 bits per heavy atom. The summed E-state index contributed by atoms with van der Waals surface area (Å²) in [5.74, 6) is 1.03. The first-order chi connectivity index (χ1) is 10.8. The highest BCUT2D eigenvalue weighted by atomic mass is 16.5. The Labute approximate surface area is 131 Å². The van der Waals surface area contributed by atoms with Gasteiger partial charge in [-0.25, -0.2) is 9.78 Å². The molecule has 2 saturated heterocycles. The molecule has 0 aliphatic carbocycles. The van der Waals surface area contributed by atoms with E-state index in [1.54, 1.807) is 0 Å². The van der Waals surface area contributed by atoms with Crippen molar-refractivity contribution in [3.8, 4) is 0 Å². The zero-order valence-corrected chi connectivity index (χ0v) is 12.9. The zero-order chi connectivity index (χ0) is 15.2. The van der Waals surface area contributed by atoms with Crippen molar-refractivity contribution in [1.29, 1.82) is 0 Å². The Morgan fingerprint density at radius 2 is 2.14 bits per heavy atom. The molecule has 1 atom stereocenters. The van der Waals surface area contributed by atoms with Crippen molar-refractivity contribution in [1.82, 2.24) is 15.6 Å². The molecule has 22 heavy (non-hydrogen) atoms. The number of anilines is 1. The molecule has 3 heterocycles. The van der Waals surface area contributed by atoms with E-state index >= 15 is 0 Å².